The Hall–Kier alpha value is -1.23. The molecule has 1 amide bonds. The van der Waals surface area contributed by atoms with Gasteiger partial charge < -0.3 is 11.1 Å². The molecule has 3 nitrogen and oxygen atoms in total. The van der Waals surface area contributed by atoms with Crippen LogP contribution in [0.15, 0.2) is 12.1 Å². The second-order valence-corrected chi connectivity index (χ2v) is 6.51. The molecule has 2 unspecified atom stereocenters. The minimum absolute atomic E-state index is 0.180. The van der Waals surface area contributed by atoms with Crippen LogP contribution in [0.1, 0.15) is 41.6 Å². The van der Waals surface area contributed by atoms with Crippen LogP contribution in [-0.4, -0.2) is 23.5 Å². The summed E-state index contributed by atoms with van der Waals surface area (Å²) >= 11 is 1.85. The number of carbonyl (C=O) groups excluding carboxylic acids is 1. The number of amides is 1. The molecule has 0 heterocycles. The lowest BCUT2D eigenvalue weighted by atomic mass is 9.94. The summed E-state index contributed by atoms with van der Waals surface area (Å²) in [5.74, 6) is -0.664. The average Bonchev–Trinajstić information content (AvgIpc) is 2.44. The molecule has 5 heteroatoms. The first-order valence-electron chi connectivity index (χ1n) is 6.90. The SMILES string of the molecule is CSC1CCCC(NC(=O)c2cc(N)c(C)c(F)c2)C1. The van der Waals surface area contributed by atoms with Crippen LogP contribution in [0, 0.1) is 12.7 Å². The second kappa shape index (κ2) is 6.48. The molecule has 3 N–H and O–H groups in total. The van der Waals surface area contributed by atoms with E-state index in [1.54, 1.807) is 13.0 Å². The lowest BCUT2D eigenvalue weighted by Crippen LogP contribution is -2.39. The molecule has 0 radical (unpaired) electrons. The van der Waals surface area contributed by atoms with Crippen molar-refractivity contribution in [1.82, 2.24) is 5.32 Å². The van der Waals surface area contributed by atoms with Crippen LogP contribution in [0.25, 0.3) is 0 Å². The van der Waals surface area contributed by atoms with Crippen LogP contribution in [0.2, 0.25) is 0 Å². The van der Waals surface area contributed by atoms with Crippen molar-refractivity contribution in [3.05, 3.63) is 29.1 Å². The zero-order valence-electron chi connectivity index (χ0n) is 11.9. The van der Waals surface area contributed by atoms with E-state index in [0.29, 0.717) is 22.1 Å². The van der Waals surface area contributed by atoms with E-state index in [0.717, 1.165) is 19.3 Å². The first kappa shape index (κ1) is 15.2. The number of nitrogens with one attached hydrogen (secondary N) is 1. The molecule has 20 heavy (non-hydrogen) atoms. The van der Waals surface area contributed by atoms with Crippen molar-refractivity contribution in [3.63, 3.8) is 0 Å². The standard InChI is InChI=1S/C15H21FN2OS/c1-9-13(16)6-10(7-14(9)17)15(19)18-11-4-3-5-12(8-11)20-2/h6-7,11-12H,3-5,8,17H2,1-2H3,(H,18,19). The number of carbonyl (C=O) groups is 1. The van der Waals surface area contributed by atoms with Gasteiger partial charge >= 0.3 is 0 Å². The topological polar surface area (TPSA) is 55.1 Å². The van der Waals surface area contributed by atoms with Crippen molar-refractivity contribution >= 4 is 23.4 Å². The number of nitrogen functional groups attached to an aromatic ring is 1. The molecule has 2 atom stereocenters. The molecule has 1 fully saturated rings. The van der Waals surface area contributed by atoms with Crippen molar-refractivity contribution in [3.8, 4) is 0 Å². The van der Waals surface area contributed by atoms with Crippen molar-refractivity contribution in [1.29, 1.82) is 0 Å². The summed E-state index contributed by atoms with van der Waals surface area (Å²) in [6.07, 6.45) is 6.41. The van der Waals surface area contributed by atoms with Gasteiger partial charge in [-0.05, 0) is 44.6 Å². The summed E-state index contributed by atoms with van der Waals surface area (Å²) < 4.78 is 13.6. The Labute approximate surface area is 123 Å². The minimum atomic E-state index is -0.430. The molecule has 1 aliphatic carbocycles. The van der Waals surface area contributed by atoms with Gasteiger partial charge in [0.15, 0.2) is 0 Å². The zero-order valence-corrected chi connectivity index (χ0v) is 12.7. The van der Waals surface area contributed by atoms with Gasteiger partial charge in [-0.3, -0.25) is 4.79 Å². The van der Waals surface area contributed by atoms with Gasteiger partial charge in [0.2, 0.25) is 0 Å². The Kier molecular flexibility index (Phi) is 4.91. The van der Waals surface area contributed by atoms with Crippen LogP contribution < -0.4 is 11.1 Å². The third kappa shape index (κ3) is 3.45. The van der Waals surface area contributed by atoms with Gasteiger partial charge in [0.05, 0.1) is 0 Å². The Bertz CT molecular complexity index is 484. The Morgan fingerprint density at radius 3 is 2.85 bits per heavy atom. The average molecular weight is 296 g/mol. The summed E-state index contributed by atoms with van der Waals surface area (Å²) in [7, 11) is 0. The second-order valence-electron chi connectivity index (χ2n) is 5.37. The van der Waals surface area contributed by atoms with E-state index in [9.17, 15) is 9.18 Å². The Balaban J connectivity index is 2.05. The van der Waals surface area contributed by atoms with Crippen LogP contribution >= 0.6 is 11.8 Å². The fraction of sp³-hybridized carbons (Fsp3) is 0.533. The summed E-state index contributed by atoms with van der Waals surface area (Å²) in [4.78, 5) is 12.2. The molecule has 0 aliphatic heterocycles. The predicted octanol–water partition coefficient (Wildman–Crippen LogP) is 3.12. The smallest absolute Gasteiger partial charge is 0.251 e. The largest absolute Gasteiger partial charge is 0.398 e. The molecule has 1 aromatic carbocycles. The highest BCUT2D eigenvalue weighted by Gasteiger charge is 2.23. The predicted molar refractivity (Wildman–Crippen MR) is 82.6 cm³/mol. The van der Waals surface area contributed by atoms with Crippen LogP contribution in [0.4, 0.5) is 10.1 Å². The van der Waals surface area contributed by atoms with Crippen LogP contribution in [-0.2, 0) is 0 Å². The molecular weight excluding hydrogens is 275 g/mol. The zero-order chi connectivity index (χ0) is 14.7. The van der Waals surface area contributed by atoms with Crippen LogP contribution in [0.5, 0.6) is 0 Å². The molecule has 0 saturated heterocycles. The van der Waals surface area contributed by atoms with E-state index < -0.39 is 5.82 Å². The third-order valence-electron chi connectivity index (χ3n) is 3.94. The molecule has 0 bridgehead atoms. The number of rotatable bonds is 3. The summed E-state index contributed by atoms with van der Waals surface area (Å²) in [5, 5.41) is 3.60. The number of hydrogen-bond donors (Lipinski definition) is 2. The first-order chi connectivity index (χ1) is 9.51. The van der Waals surface area contributed by atoms with Crippen molar-refractivity contribution in [2.45, 2.75) is 43.9 Å². The Morgan fingerprint density at radius 1 is 1.45 bits per heavy atom. The van der Waals surface area contributed by atoms with E-state index in [2.05, 4.69) is 11.6 Å². The van der Waals surface area contributed by atoms with Gasteiger partial charge in [-0.2, -0.15) is 11.8 Å². The summed E-state index contributed by atoms with van der Waals surface area (Å²) in [6, 6.07) is 2.98. The van der Waals surface area contributed by atoms with E-state index >= 15 is 0 Å². The summed E-state index contributed by atoms with van der Waals surface area (Å²) in [6.45, 7) is 1.61. The normalized spacial score (nSPS) is 22.6. The number of nitrogens with two attached hydrogens (primary N) is 1. The van der Waals surface area contributed by atoms with Gasteiger partial charge in [0.25, 0.3) is 5.91 Å². The van der Waals surface area contributed by atoms with Gasteiger partial charge in [-0.15, -0.1) is 0 Å². The monoisotopic (exact) mass is 296 g/mol. The lowest BCUT2D eigenvalue weighted by molar-refractivity contribution is 0.0928. The van der Waals surface area contributed by atoms with Crippen molar-refractivity contribution in [2.75, 3.05) is 12.0 Å². The maximum absolute atomic E-state index is 13.6. The van der Waals surface area contributed by atoms with Crippen molar-refractivity contribution < 1.29 is 9.18 Å². The Morgan fingerprint density at radius 2 is 2.20 bits per heavy atom. The van der Waals surface area contributed by atoms with Gasteiger partial charge in [-0.25, -0.2) is 4.39 Å². The van der Waals surface area contributed by atoms with Crippen molar-refractivity contribution in [2.24, 2.45) is 0 Å². The van der Waals surface area contributed by atoms with Gasteiger partial charge in [-0.1, -0.05) is 6.42 Å². The number of anilines is 1. The molecule has 0 aromatic heterocycles. The fourth-order valence-corrected chi connectivity index (χ4v) is 3.42. The van der Waals surface area contributed by atoms with E-state index in [1.807, 2.05) is 11.8 Å². The number of thioether (sulfide) groups is 1. The molecule has 2 rings (SSSR count). The quantitative estimate of drug-likeness (QED) is 0.843. The van der Waals surface area contributed by atoms with Gasteiger partial charge in [0, 0.05) is 28.1 Å². The lowest BCUT2D eigenvalue weighted by Gasteiger charge is -2.28. The highest BCUT2D eigenvalue weighted by molar-refractivity contribution is 7.99. The number of hydrogen-bond acceptors (Lipinski definition) is 3. The molecule has 1 aliphatic rings. The molecule has 0 spiro atoms. The van der Waals surface area contributed by atoms with E-state index in [-0.39, 0.29) is 11.9 Å². The molecule has 1 saturated carbocycles. The van der Waals surface area contributed by atoms with Crippen LogP contribution in [0.3, 0.4) is 0 Å². The number of halogens is 1. The highest BCUT2D eigenvalue weighted by Crippen LogP contribution is 2.27. The summed E-state index contributed by atoms with van der Waals surface area (Å²) in [5.41, 5.74) is 6.73. The van der Waals surface area contributed by atoms with E-state index in [4.69, 9.17) is 5.73 Å². The minimum Gasteiger partial charge on any atom is -0.398 e. The highest BCUT2D eigenvalue weighted by atomic mass is 32.2. The maximum Gasteiger partial charge on any atom is 0.251 e. The molecule has 110 valence electrons. The van der Waals surface area contributed by atoms with Gasteiger partial charge in [0.1, 0.15) is 5.82 Å². The van der Waals surface area contributed by atoms with E-state index in [1.165, 1.54) is 12.5 Å². The molecule has 1 aromatic rings. The number of benzene rings is 1. The fourth-order valence-electron chi connectivity index (χ4n) is 2.59. The third-order valence-corrected chi connectivity index (χ3v) is 5.04. The first-order valence-corrected chi connectivity index (χ1v) is 8.19. The molecular formula is C15H21FN2OS. The maximum atomic E-state index is 13.6.